The number of urea groups is 1. The van der Waals surface area contributed by atoms with E-state index in [0.29, 0.717) is 16.1 Å². The van der Waals surface area contributed by atoms with Gasteiger partial charge in [-0.3, -0.25) is 0 Å². The van der Waals surface area contributed by atoms with E-state index >= 15 is 0 Å². The Balaban J connectivity index is 1.60. The molecule has 0 radical (unpaired) electrons. The van der Waals surface area contributed by atoms with Crippen LogP contribution in [-0.4, -0.2) is 36.2 Å². The zero-order chi connectivity index (χ0) is 23.4. The van der Waals surface area contributed by atoms with Crippen LogP contribution in [-0.2, 0) is 14.3 Å². The lowest BCUT2D eigenvalue weighted by Gasteiger charge is -2.29. The number of carbonyl (C=O) groups excluding carboxylic acids is 3. The van der Waals surface area contributed by atoms with Gasteiger partial charge in [-0.25, -0.2) is 19.4 Å². The van der Waals surface area contributed by atoms with Gasteiger partial charge in [0.05, 0.1) is 34.5 Å². The number of benzene rings is 1. The highest BCUT2D eigenvalue weighted by Crippen LogP contribution is 2.32. The van der Waals surface area contributed by atoms with Gasteiger partial charge in [0.25, 0.3) is 0 Å². The molecule has 3 aromatic rings. The number of nitrogens with zero attached hydrogens (tertiary/aromatic N) is 1. The van der Waals surface area contributed by atoms with E-state index in [1.54, 1.807) is 26.0 Å². The van der Waals surface area contributed by atoms with E-state index in [1.165, 1.54) is 22.7 Å². The Labute approximate surface area is 198 Å². The minimum absolute atomic E-state index is 0.163. The van der Waals surface area contributed by atoms with Crippen LogP contribution in [0.25, 0.3) is 9.88 Å². The van der Waals surface area contributed by atoms with Crippen LogP contribution in [0.5, 0.6) is 0 Å². The van der Waals surface area contributed by atoms with Gasteiger partial charge in [-0.15, -0.1) is 22.7 Å². The third kappa shape index (κ3) is 4.96. The molecule has 33 heavy (non-hydrogen) atoms. The molecule has 0 saturated heterocycles. The van der Waals surface area contributed by atoms with E-state index in [4.69, 9.17) is 9.47 Å². The summed E-state index contributed by atoms with van der Waals surface area (Å²) in [6.07, 6.45) is 0. The van der Waals surface area contributed by atoms with Crippen molar-refractivity contribution >= 4 is 40.6 Å². The van der Waals surface area contributed by atoms with Crippen LogP contribution in [0.2, 0.25) is 0 Å². The molecule has 1 aliphatic rings. The fraction of sp³-hybridized carbons (Fsp3) is 0.217. The second-order valence-corrected chi connectivity index (χ2v) is 8.99. The number of amides is 2. The normalized spacial score (nSPS) is 15.6. The van der Waals surface area contributed by atoms with Crippen molar-refractivity contribution in [1.29, 1.82) is 0 Å². The first kappa shape index (κ1) is 22.7. The maximum absolute atomic E-state index is 12.8. The molecule has 3 heterocycles. The van der Waals surface area contributed by atoms with Crippen LogP contribution in [0.4, 0.5) is 4.79 Å². The second kappa shape index (κ2) is 9.97. The van der Waals surface area contributed by atoms with Crippen LogP contribution in [0, 0.1) is 6.92 Å². The molecule has 1 aliphatic heterocycles. The van der Waals surface area contributed by atoms with Crippen molar-refractivity contribution in [3.05, 3.63) is 75.2 Å². The number of hydrogen-bond acceptors (Lipinski definition) is 8. The van der Waals surface area contributed by atoms with Crippen molar-refractivity contribution in [1.82, 2.24) is 15.6 Å². The maximum Gasteiger partial charge on any atom is 0.350 e. The Morgan fingerprint density at radius 3 is 2.58 bits per heavy atom. The van der Waals surface area contributed by atoms with Crippen molar-refractivity contribution in [3.8, 4) is 9.88 Å². The lowest BCUT2D eigenvalue weighted by Crippen LogP contribution is -2.47. The average Bonchev–Trinajstić information content (AvgIpc) is 3.47. The SMILES string of the molecule is CCOC(=O)C1=C(COC(=O)c2sc(-c3cccs3)nc2C)NC(=O)NC1c1ccccc1. The topological polar surface area (TPSA) is 107 Å². The van der Waals surface area contributed by atoms with Gasteiger partial charge < -0.3 is 20.1 Å². The van der Waals surface area contributed by atoms with Crippen molar-refractivity contribution in [2.75, 3.05) is 13.2 Å². The standard InChI is InChI=1S/C23H21N3O5S2/c1-3-30-21(27)17-15(25-23(29)26-18(17)14-8-5-4-6-9-14)12-31-22(28)19-13(2)24-20(33-19)16-10-7-11-32-16/h4-11,18H,3,12H2,1-2H3,(H2,25,26,29). The summed E-state index contributed by atoms with van der Waals surface area (Å²) in [5.74, 6) is -1.17. The maximum atomic E-state index is 12.8. The van der Waals surface area contributed by atoms with Gasteiger partial charge >= 0.3 is 18.0 Å². The van der Waals surface area contributed by atoms with Crippen molar-refractivity contribution in [2.45, 2.75) is 19.9 Å². The van der Waals surface area contributed by atoms with Gasteiger partial charge in [-0.2, -0.15) is 0 Å². The molecule has 0 spiro atoms. The quantitative estimate of drug-likeness (QED) is 0.488. The summed E-state index contributed by atoms with van der Waals surface area (Å²) in [7, 11) is 0. The molecule has 4 rings (SSSR count). The number of thiophene rings is 1. The first-order valence-corrected chi connectivity index (χ1v) is 11.9. The highest BCUT2D eigenvalue weighted by molar-refractivity contribution is 7.22. The minimum atomic E-state index is -0.733. The Morgan fingerprint density at radius 2 is 1.88 bits per heavy atom. The minimum Gasteiger partial charge on any atom is -0.463 e. The monoisotopic (exact) mass is 483 g/mol. The Bertz CT molecular complexity index is 1200. The smallest absolute Gasteiger partial charge is 0.350 e. The first-order valence-electron chi connectivity index (χ1n) is 10.2. The third-order valence-corrected chi connectivity index (χ3v) is 7.02. The van der Waals surface area contributed by atoms with Gasteiger partial charge in [0.15, 0.2) is 0 Å². The molecule has 1 unspecified atom stereocenters. The summed E-state index contributed by atoms with van der Waals surface area (Å²) >= 11 is 2.78. The number of ether oxygens (including phenoxy) is 2. The summed E-state index contributed by atoms with van der Waals surface area (Å²) < 4.78 is 10.7. The fourth-order valence-electron chi connectivity index (χ4n) is 3.37. The third-order valence-electron chi connectivity index (χ3n) is 4.84. The number of carbonyl (C=O) groups is 3. The molecule has 170 valence electrons. The predicted octanol–water partition coefficient (Wildman–Crippen LogP) is 4.21. The largest absolute Gasteiger partial charge is 0.463 e. The number of esters is 2. The average molecular weight is 484 g/mol. The van der Waals surface area contributed by atoms with E-state index in [9.17, 15) is 14.4 Å². The summed E-state index contributed by atoms with van der Waals surface area (Å²) in [5.41, 5.74) is 1.64. The number of aromatic nitrogens is 1. The highest BCUT2D eigenvalue weighted by Gasteiger charge is 2.34. The lowest BCUT2D eigenvalue weighted by atomic mass is 9.95. The highest BCUT2D eigenvalue weighted by atomic mass is 32.1. The molecule has 8 nitrogen and oxygen atoms in total. The number of thiazole rings is 1. The summed E-state index contributed by atoms with van der Waals surface area (Å²) in [6, 6.07) is 11.7. The van der Waals surface area contributed by atoms with Gasteiger partial charge in [0, 0.05) is 0 Å². The molecule has 2 aromatic heterocycles. The van der Waals surface area contributed by atoms with E-state index in [0.717, 1.165) is 9.88 Å². The van der Waals surface area contributed by atoms with Crippen LogP contribution in [0.15, 0.2) is 59.1 Å². The molecule has 10 heteroatoms. The van der Waals surface area contributed by atoms with E-state index in [2.05, 4.69) is 15.6 Å². The summed E-state index contributed by atoms with van der Waals surface area (Å²) in [4.78, 5) is 43.7. The van der Waals surface area contributed by atoms with Gasteiger partial charge in [-0.05, 0) is 30.9 Å². The number of aryl methyl sites for hydroxylation is 1. The van der Waals surface area contributed by atoms with Crippen LogP contribution in [0.1, 0.15) is 33.9 Å². The van der Waals surface area contributed by atoms with Crippen LogP contribution in [0.3, 0.4) is 0 Å². The number of nitrogens with one attached hydrogen (secondary N) is 2. The molecule has 1 aromatic carbocycles. The van der Waals surface area contributed by atoms with Crippen molar-refractivity contribution < 1.29 is 23.9 Å². The molecule has 1 atom stereocenters. The Kier molecular flexibility index (Phi) is 6.85. The molecule has 0 aliphatic carbocycles. The van der Waals surface area contributed by atoms with Gasteiger partial charge in [-0.1, -0.05) is 36.4 Å². The number of rotatable bonds is 7. The zero-order valence-electron chi connectivity index (χ0n) is 17.9. The van der Waals surface area contributed by atoms with E-state index < -0.39 is 24.0 Å². The Hall–Kier alpha value is -3.50. The van der Waals surface area contributed by atoms with Crippen molar-refractivity contribution in [2.24, 2.45) is 0 Å². The fourth-order valence-corrected chi connectivity index (χ4v) is 5.13. The Morgan fingerprint density at radius 1 is 1.09 bits per heavy atom. The summed E-state index contributed by atoms with van der Waals surface area (Å²) in [5, 5.41) is 8.02. The van der Waals surface area contributed by atoms with Gasteiger partial charge in [0.1, 0.15) is 16.5 Å². The van der Waals surface area contributed by atoms with Crippen LogP contribution < -0.4 is 10.6 Å². The molecule has 0 bridgehead atoms. The van der Waals surface area contributed by atoms with Crippen molar-refractivity contribution in [3.63, 3.8) is 0 Å². The van der Waals surface area contributed by atoms with E-state index in [-0.39, 0.29) is 24.5 Å². The first-order chi connectivity index (χ1) is 16.0. The second-order valence-electron chi connectivity index (χ2n) is 7.04. The van der Waals surface area contributed by atoms with Crippen LogP contribution >= 0.6 is 22.7 Å². The van der Waals surface area contributed by atoms with Gasteiger partial charge in [0.2, 0.25) is 0 Å². The molecular weight excluding hydrogens is 462 g/mol. The molecular formula is C23H21N3O5S2. The lowest BCUT2D eigenvalue weighted by molar-refractivity contribution is -0.139. The molecule has 0 fully saturated rings. The molecule has 2 N–H and O–H groups in total. The molecule has 2 amide bonds. The number of hydrogen-bond donors (Lipinski definition) is 2. The zero-order valence-corrected chi connectivity index (χ0v) is 19.5. The summed E-state index contributed by atoms with van der Waals surface area (Å²) in [6.45, 7) is 3.30. The van der Waals surface area contributed by atoms with E-state index in [1.807, 2.05) is 35.7 Å². The predicted molar refractivity (Wildman–Crippen MR) is 125 cm³/mol. The molecule has 0 saturated carbocycles.